The third-order valence-corrected chi connectivity index (χ3v) is 3.93. The van der Waals surface area contributed by atoms with Gasteiger partial charge in [0.25, 0.3) is 0 Å². The average Bonchev–Trinajstić information content (AvgIpc) is 2.61. The maximum absolute atomic E-state index is 10.5. The van der Waals surface area contributed by atoms with Crippen molar-refractivity contribution in [2.75, 3.05) is 13.1 Å². The molecule has 1 aliphatic heterocycles. The van der Waals surface area contributed by atoms with Crippen LogP contribution in [0.1, 0.15) is 44.2 Å². The molecule has 0 saturated heterocycles. The molecule has 2 rings (SSSR count). The van der Waals surface area contributed by atoms with Crippen molar-refractivity contribution in [3.8, 4) is 0 Å². The summed E-state index contributed by atoms with van der Waals surface area (Å²) in [4.78, 5) is 3.87. The lowest BCUT2D eigenvalue weighted by molar-refractivity contribution is -0.0332. The Morgan fingerprint density at radius 1 is 1.45 bits per heavy atom. The van der Waals surface area contributed by atoms with E-state index in [1.165, 1.54) is 5.56 Å². The molecule has 0 fully saturated rings. The summed E-state index contributed by atoms with van der Waals surface area (Å²) in [5.41, 5.74) is 3.25. The zero-order chi connectivity index (χ0) is 14.9. The van der Waals surface area contributed by atoms with Crippen molar-refractivity contribution in [3.63, 3.8) is 0 Å². The minimum absolute atomic E-state index is 0.164. The molecule has 3 nitrogen and oxygen atoms in total. The molecule has 4 heteroatoms. The zero-order valence-electron chi connectivity index (χ0n) is 12.6. The van der Waals surface area contributed by atoms with Crippen molar-refractivity contribution in [3.05, 3.63) is 47.5 Å². The molecule has 0 aliphatic carbocycles. The number of fused-ring (bicyclic) bond motifs is 1. The van der Waals surface area contributed by atoms with Crippen LogP contribution in [0, 0.1) is 0 Å². The van der Waals surface area contributed by atoms with E-state index in [2.05, 4.69) is 31.4 Å². The van der Waals surface area contributed by atoms with E-state index in [1.807, 2.05) is 25.1 Å². The van der Waals surface area contributed by atoms with Crippen LogP contribution in [-0.2, 0) is 0 Å². The fourth-order valence-electron chi connectivity index (χ4n) is 3.13. The van der Waals surface area contributed by atoms with Crippen LogP contribution in [-0.4, -0.2) is 41.9 Å². The highest BCUT2D eigenvalue weighted by atomic mass is 16.3. The SMILES string of the molecule is [B]N(CC(=C)C)C[C@@H](C)N1C(O)c2ccccc2[C@@H]1C. The van der Waals surface area contributed by atoms with Crippen LogP contribution >= 0.6 is 0 Å². The van der Waals surface area contributed by atoms with E-state index < -0.39 is 6.23 Å². The van der Waals surface area contributed by atoms with Gasteiger partial charge in [-0.1, -0.05) is 36.4 Å². The van der Waals surface area contributed by atoms with Gasteiger partial charge in [-0.3, -0.25) is 4.90 Å². The summed E-state index contributed by atoms with van der Waals surface area (Å²) in [6.45, 7) is 11.4. The molecule has 0 amide bonds. The van der Waals surface area contributed by atoms with Crippen LogP contribution < -0.4 is 0 Å². The Kier molecular flexibility index (Phi) is 4.68. The van der Waals surface area contributed by atoms with Crippen molar-refractivity contribution in [1.82, 2.24) is 9.71 Å². The van der Waals surface area contributed by atoms with E-state index in [4.69, 9.17) is 7.98 Å². The Bertz CT molecular complexity index is 462. The first kappa shape index (κ1) is 15.3. The molecule has 0 spiro atoms. The standard InChI is InChI=1S/C16H23BN2O/c1-11(2)9-18(17)10-12(3)19-13(4)14-7-5-6-8-15(14)16(19)20/h5-8,12-13,16,20H,1,9-10H2,2-4H3/t12-,13+,16?/m1/s1. The predicted molar refractivity (Wildman–Crippen MR) is 83.3 cm³/mol. The molecule has 0 aromatic heterocycles. The molecule has 1 unspecified atom stereocenters. The number of benzene rings is 1. The molecular formula is C16H23BN2O. The van der Waals surface area contributed by atoms with Gasteiger partial charge in [0, 0.05) is 30.7 Å². The highest BCUT2D eigenvalue weighted by Crippen LogP contribution is 2.41. The number of hydrogen-bond donors (Lipinski definition) is 1. The normalized spacial score (nSPS) is 23.9. The highest BCUT2D eigenvalue weighted by molar-refractivity contribution is 6.04. The Morgan fingerprint density at radius 3 is 2.60 bits per heavy atom. The second kappa shape index (κ2) is 6.12. The third-order valence-electron chi connectivity index (χ3n) is 3.93. The van der Waals surface area contributed by atoms with Crippen LogP contribution in [0.4, 0.5) is 0 Å². The number of hydrogen-bond acceptors (Lipinski definition) is 3. The van der Waals surface area contributed by atoms with Gasteiger partial charge >= 0.3 is 0 Å². The van der Waals surface area contributed by atoms with Crippen LogP contribution in [0.3, 0.4) is 0 Å². The van der Waals surface area contributed by atoms with Crippen molar-refractivity contribution >= 4 is 7.98 Å². The molecule has 2 radical (unpaired) electrons. The second-order valence-corrected chi connectivity index (χ2v) is 5.86. The fourth-order valence-corrected chi connectivity index (χ4v) is 3.13. The second-order valence-electron chi connectivity index (χ2n) is 5.86. The number of nitrogens with zero attached hydrogens (tertiary/aromatic N) is 2. The van der Waals surface area contributed by atoms with Gasteiger partial charge < -0.3 is 9.92 Å². The average molecular weight is 270 g/mol. The van der Waals surface area contributed by atoms with Crippen molar-refractivity contribution in [1.29, 1.82) is 0 Å². The first-order valence-electron chi connectivity index (χ1n) is 7.10. The lowest BCUT2D eigenvalue weighted by atomic mass is 10.1. The molecule has 1 aliphatic rings. The Morgan fingerprint density at radius 2 is 2.05 bits per heavy atom. The molecule has 1 aromatic carbocycles. The third kappa shape index (κ3) is 2.98. The van der Waals surface area contributed by atoms with Crippen LogP contribution in [0.15, 0.2) is 36.4 Å². The van der Waals surface area contributed by atoms with Crippen LogP contribution in [0.5, 0.6) is 0 Å². The van der Waals surface area contributed by atoms with Gasteiger partial charge in [0.15, 0.2) is 7.98 Å². The maximum atomic E-state index is 10.5. The van der Waals surface area contributed by atoms with Gasteiger partial charge in [-0.15, -0.1) is 0 Å². The lowest BCUT2D eigenvalue weighted by Crippen LogP contribution is -2.42. The van der Waals surface area contributed by atoms with E-state index in [-0.39, 0.29) is 12.1 Å². The Hall–Kier alpha value is -1.10. The van der Waals surface area contributed by atoms with Gasteiger partial charge in [-0.2, -0.15) is 0 Å². The number of aliphatic hydroxyl groups excluding tert-OH is 1. The number of rotatable bonds is 5. The maximum Gasteiger partial charge on any atom is 0.183 e. The summed E-state index contributed by atoms with van der Waals surface area (Å²) >= 11 is 0. The summed E-state index contributed by atoms with van der Waals surface area (Å²) in [7, 11) is 6.00. The van der Waals surface area contributed by atoms with E-state index in [9.17, 15) is 5.11 Å². The van der Waals surface area contributed by atoms with E-state index in [0.717, 1.165) is 11.1 Å². The van der Waals surface area contributed by atoms with Crippen molar-refractivity contribution in [2.45, 2.75) is 39.1 Å². The molecule has 106 valence electrons. The monoisotopic (exact) mass is 270 g/mol. The van der Waals surface area contributed by atoms with E-state index in [1.54, 1.807) is 4.81 Å². The minimum atomic E-state index is -0.547. The van der Waals surface area contributed by atoms with Crippen molar-refractivity contribution in [2.24, 2.45) is 0 Å². The molecule has 1 N–H and O–H groups in total. The summed E-state index contributed by atoms with van der Waals surface area (Å²) in [5.74, 6) is 0. The Balaban J connectivity index is 2.08. The van der Waals surface area contributed by atoms with Gasteiger partial charge in [0.2, 0.25) is 0 Å². The first-order chi connectivity index (χ1) is 9.41. The summed E-state index contributed by atoms with van der Waals surface area (Å²) in [5, 5.41) is 10.5. The van der Waals surface area contributed by atoms with Gasteiger partial charge in [0.05, 0.1) is 0 Å². The quantitative estimate of drug-likeness (QED) is 0.657. The van der Waals surface area contributed by atoms with E-state index >= 15 is 0 Å². The fraction of sp³-hybridized carbons (Fsp3) is 0.500. The minimum Gasteiger partial charge on any atom is -0.374 e. The predicted octanol–water partition coefficient (Wildman–Crippen LogP) is 2.40. The first-order valence-corrected chi connectivity index (χ1v) is 7.10. The molecule has 0 saturated carbocycles. The van der Waals surface area contributed by atoms with Crippen LogP contribution in [0.25, 0.3) is 0 Å². The van der Waals surface area contributed by atoms with Gasteiger partial charge in [-0.05, 0) is 26.3 Å². The molecule has 1 heterocycles. The van der Waals surface area contributed by atoms with Gasteiger partial charge in [-0.25, -0.2) is 0 Å². The van der Waals surface area contributed by atoms with E-state index in [0.29, 0.717) is 13.1 Å². The largest absolute Gasteiger partial charge is 0.374 e. The highest BCUT2D eigenvalue weighted by Gasteiger charge is 2.37. The zero-order valence-corrected chi connectivity index (χ0v) is 12.6. The summed E-state index contributed by atoms with van der Waals surface area (Å²) < 4.78 is 0. The topological polar surface area (TPSA) is 26.7 Å². The molecule has 1 aromatic rings. The summed E-state index contributed by atoms with van der Waals surface area (Å²) in [6.07, 6.45) is -0.547. The molecule has 20 heavy (non-hydrogen) atoms. The smallest absolute Gasteiger partial charge is 0.183 e. The Labute approximate surface area is 123 Å². The summed E-state index contributed by atoms with van der Waals surface area (Å²) in [6, 6.07) is 8.44. The number of aliphatic hydroxyl groups is 1. The molecule has 3 atom stereocenters. The molecule has 0 bridgehead atoms. The molecular weight excluding hydrogens is 247 g/mol. The lowest BCUT2D eigenvalue weighted by Gasteiger charge is -2.34. The van der Waals surface area contributed by atoms with Gasteiger partial charge in [0.1, 0.15) is 6.23 Å². The van der Waals surface area contributed by atoms with Crippen LogP contribution in [0.2, 0.25) is 0 Å². The van der Waals surface area contributed by atoms with Crippen molar-refractivity contribution < 1.29 is 5.11 Å².